The Kier molecular flexibility index (Phi) is 12.2. The topological polar surface area (TPSA) is 117 Å². The molecule has 0 spiro atoms. The summed E-state index contributed by atoms with van der Waals surface area (Å²) in [5.74, 6) is 1.22. The van der Waals surface area contributed by atoms with E-state index in [9.17, 15) is 14.4 Å². The lowest BCUT2D eigenvalue weighted by atomic mass is 10.2. The maximum atomic E-state index is 11.8. The number of aldehydes is 1. The number of anilines is 1. The molecule has 1 aromatic heterocycles. The van der Waals surface area contributed by atoms with Gasteiger partial charge in [0, 0.05) is 18.9 Å². The van der Waals surface area contributed by atoms with E-state index in [0.717, 1.165) is 43.1 Å². The standard InChI is InChI=1S/C15H21N5O.C4H6O2S/c1-16-11-7-3-6-10-13(21)17-15-18-14(19-20-15)12-8-4-2-5-9-12;1-4(6)7-3-2-5/h2,4-5,8-9,16H,3,6-7,10-11H2,1H3,(H2,17,18,19,20,21);2H,3H2,1H3. The number of H-pyrrole nitrogens is 1. The lowest BCUT2D eigenvalue weighted by Gasteiger charge is -2.01. The van der Waals surface area contributed by atoms with E-state index in [1.54, 1.807) is 0 Å². The molecular formula is C19H27N5O3S. The van der Waals surface area contributed by atoms with Crippen molar-refractivity contribution in [2.45, 2.75) is 32.6 Å². The van der Waals surface area contributed by atoms with Crippen molar-refractivity contribution in [1.29, 1.82) is 0 Å². The molecule has 1 heterocycles. The smallest absolute Gasteiger partial charge is 0.249 e. The molecule has 1 amide bonds. The minimum absolute atomic E-state index is 0.00731. The molecule has 0 saturated heterocycles. The first-order valence-electron chi connectivity index (χ1n) is 9.06. The second-order valence-electron chi connectivity index (χ2n) is 5.81. The normalized spacial score (nSPS) is 9.93. The average molecular weight is 406 g/mol. The number of carbonyl (C=O) groups excluding carboxylic acids is 3. The molecule has 2 rings (SSSR count). The van der Waals surface area contributed by atoms with Gasteiger partial charge >= 0.3 is 0 Å². The molecule has 0 aliphatic carbocycles. The van der Waals surface area contributed by atoms with Crippen LogP contribution in [0.4, 0.5) is 5.95 Å². The van der Waals surface area contributed by atoms with E-state index in [0.29, 0.717) is 24.5 Å². The fraction of sp³-hybridized carbons (Fsp3) is 0.421. The highest BCUT2D eigenvalue weighted by molar-refractivity contribution is 8.14. The molecule has 0 aliphatic heterocycles. The summed E-state index contributed by atoms with van der Waals surface area (Å²) in [6.45, 7) is 2.43. The third kappa shape index (κ3) is 10.6. The summed E-state index contributed by atoms with van der Waals surface area (Å²) in [5.41, 5.74) is 0.942. The highest BCUT2D eigenvalue weighted by Gasteiger charge is 2.08. The number of hydrogen-bond donors (Lipinski definition) is 3. The summed E-state index contributed by atoms with van der Waals surface area (Å²) < 4.78 is 0. The zero-order valence-corrected chi connectivity index (χ0v) is 17.1. The fourth-order valence-corrected chi connectivity index (χ4v) is 2.45. The van der Waals surface area contributed by atoms with E-state index in [1.807, 2.05) is 37.4 Å². The Morgan fingerprint density at radius 2 is 1.93 bits per heavy atom. The van der Waals surface area contributed by atoms with E-state index in [1.165, 1.54) is 6.92 Å². The number of benzene rings is 1. The summed E-state index contributed by atoms with van der Waals surface area (Å²) in [6, 6.07) is 9.68. The monoisotopic (exact) mass is 405 g/mol. The van der Waals surface area contributed by atoms with E-state index in [4.69, 9.17) is 0 Å². The summed E-state index contributed by atoms with van der Waals surface area (Å²) in [5, 5.41) is 12.6. The first kappa shape index (κ1) is 23.5. The second kappa shape index (κ2) is 14.5. The van der Waals surface area contributed by atoms with Crippen molar-refractivity contribution in [1.82, 2.24) is 20.5 Å². The third-order valence-electron chi connectivity index (χ3n) is 3.47. The van der Waals surface area contributed by atoms with Crippen LogP contribution in [0, 0.1) is 0 Å². The fourth-order valence-electron chi connectivity index (χ4n) is 2.15. The maximum absolute atomic E-state index is 11.8. The van der Waals surface area contributed by atoms with Crippen LogP contribution in [0.2, 0.25) is 0 Å². The van der Waals surface area contributed by atoms with Crippen molar-refractivity contribution in [2.24, 2.45) is 0 Å². The van der Waals surface area contributed by atoms with Crippen molar-refractivity contribution in [3.63, 3.8) is 0 Å². The molecule has 2 aromatic rings. The van der Waals surface area contributed by atoms with Gasteiger partial charge in [-0.3, -0.25) is 20.0 Å². The molecule has 0 radical (unpaired) electrons. The van der Waals surface area contributed by atoms with Crippen LogP contribution in [-0.2, 0) is 14.4 Å². The van der Waals surface area contributed by atoms with Gasteiger partial charge in [-0.2, -0.15) is 4.98 Å². The molecule has 8 nitrogen and oxygen atoms in total. The van der Waals surface area contributed by atoms with Gasteiger partial charge in [-0.1, -0.05) is 48.5 Å². The summed E-state index contributed by atoms with van der Waals surface area (Å²) in [7, 11) is 1.93. The number of unbranched alkanes of at least 4 members (excludes halogenated alkanes) is 2. The quantitative estimate of drug-likeness (QED) is 0.411. The number of nitrogens with zero attached hydrogens (tertiary/aromatic N) is 2. The third-order valence-corrected chi connectivity index (χ3v) is 4.18. The minimum Gasteiger partial charge on any atom is -0.320 e. The Morgan fingerprint density at radius 3 is 2.54 bits per heavy atom. The van der Waals surface area contributed by atoms with E-state index < -0.39 is 0 Å². The zero-order chi connectivity index (χ0) is 20.6. The molecular weight excluding hydrogens is 378 g/mol. The molecule has 0 unspecified atom stereocenters. The second-order valence-corrected chi connectivity index (χ2v) is 7.00. The molecule has 0 saturated carbocycles. The molecule has 0 aliphatic rings. The van der Waals surface area contributed by atoms with Gasteiger partial charge in [-0.25, -0.2) is 0 Å². The number of hydrogen-bond acceptors (Lipinski definition) is 7. The van der Waals surface area contributed by atoms with Crippen LogP contribution in [0.25, 0.3) is 11.4 Å². The van der Waals surface area contributed by atoms with Crippen molar-refractivity contribution < 1.29 is 14.4 Å². The molecule has 0 bridgehead atoms. The van der Waals surface area contributed by atoms with Crippen LogP contribution in [0.5, 0.6) is 0 Å². The predicted molar refractivity (Wildman–Crippen MR) is 112 cm³/mol. The lowest BCUT2D eigenvalue weighted by Crippen LogP contribution is -2.13. The van der Waals surface area contributed by atoms with Gasteiger partial charge < -0.3 is 10.1 Å². The maximum Gasteiger partial charge on any atom is 0.249 e. The molecule has 152 valence electrons. The lowest BCUT2D eigenvalue weighted by molar-refractivity contribution is -0.116. The Balaban J connectivity index is 0.000000480. The van der Waals surface area contributed by atoms with E-state index in [2.05, 4.69) is 25.8 Å². The largest absolute Gasteiger partial charge is 0.320 e. The Labute approximate surface area is 169 Å². The van der Waals surface area contributed by atoms with Crippen LogP contribution < -0.4 is 10.6 Å². The molecule has 1 aromatic carbocycles. The number of thioether (sulfide) groups is 1. The van der Waals surface area contributed by atoms with Crippen molar-refractivity contribution in [2.75, 3.05) is 24.7 Å². The Morgan fingerprint density at radius 1 is 1.18 bits per heavy atom. The van der Waals surface area contributed by atoms with Crippen molar-refractivity contribution in [3.8, 4) is 11.4 Å². The minimum atomic E-state index is -0.0435. The summed E-state index contributed by atoms with van der Waals surface area (Å²) >= 11 is 1.02. The molecule has 0 fully saturated rings. The SMILES string of the molecule is CC(=O)SCC=O.CNCCCCCC(=O)Nc1n[nH]c(-c2ccccc2)n1. The number of nitrogens with one attached hydrogen (secondary N) is 3. The van der Waals surface area contributed by atoms with Gasteiger partial charge in [0.05, 0.1) is 5.75 Å². The summed E-state index contributed by atoms with van der Waals surface area (Å²) in [4.78, 5) is 35.6. The van der Waals surface area contributed by atoms with Gasteiger partial charge in [0.2, 0.25) is 11.9 Å². The zero-order valence-electron chi connectivity index (χ0n) is 16.2. The molecule has 28 heavy (non-hydrogen) atoms. The number of carbonyl (C=O) groups is 3. The van der Waals surface area contributed by atoms with Crippen LogP contribution >= 0.6 is 11.8 Å². The number of aromatic nitrogens is 3. The van der Waals surface area contributed by atoms with E-state index >= 15 is 0 Å². The number of rotatable bonds is 10. The van der Waals surface area contributed by atoms with Gasteiger partial charge in [-0.15, -0.1) is 5.10 Å². The first-order chi connectivity index (χ1) is 13.6. The van der Waals surface area contributed by atoms with Gasteiger partial charge in [-0.05, 0) is 26.4 Å². The van der Waals surface area contributed by atoms with E-state index in [-0.39, 0.29) is 16.8 Å². The summed E-state index contributed by atoms with van der Waals surface area (Å²) in [6.07, 6.45) is 4.22. The van der Waals surface area contributed by atoms with Gasteiger partial charge in [0.1, 0.15) is 6.29 Å². The number of aromatic amines is 1. The molecule has 9 heteroatoms. The highest BCUT2D eigenvalue weighted by Crippen LogP contribution is 2.15. The van der Waals surface area contributed by atoms with Crippen LogP contribution in [0.1, 0.15) is 32.6 Å². The van der Waals surface area contributed by atoms with Crippen LogP contribution in [0.3, 0.4) is 0 Å². The molecule has 3 N–H and O–H groups in total. The van der Waals surface area contributed by atoms with Crippen LogP contribution in [0.15, 0.2) is 30.3 Å². The van der Waals surface area contributed by atoms with Crippen molar-refractivity contribution in [3.05, 3.63) is 30.3 Å². The average Bonchev–Trinajstić information content (AvgIpc) is 3.16. The Bertz CT molecular complexity index is 721. The number of amides is 1. The van der Waals surface area contributed by atoms with Crippen LogP contribution in [-0.4, -0.2) is 51.8 Å². The van der Waals surface area contributed by atoms with Gasteiger partial charge in [0.25, 0.3) is 0 Å². The van der Waals surface area contributed by atoms with Gasteiger partial charge in [0.15, 0.2) is 10.9 Å². The predicted octanol–water partition coefficient (Wildman–Crippen LogP) is 2.66. The van der Waals surface area contributed by atoms with Crippen molar-refractivity contribution >= 4 is 35.0 Å². The first-order valence-corrected chi connectivity index (χ1v) is 10.0. The highest BCUT2D eigenvalue weighted by atomic mass is 32.2. The Hall–Kier alpha value is -2.52. The molecule has 0 atom stereocenters.